The highest BCUT2D eigenvalue weighted by Gasteiger charge is 2.21. The fourth-order valence-electron chi connectivity index (χ4n) is 2.20. The van der Waals surface area contributed by atoms with Gasteiger partial charge in [0, 0.05) is 17.9 Å². The quantitative estimate of drug-likeness (QED) is 0.661. The molecule has 0 heterocycles. The fourth-order valence-corrected chi connectivity index (χ4v) is 2.20. The molecule has 1 atom stereocenters. The summed E-state index contributed by atoms with van der Waals surface area (Å²) in [5, 5.41) is 14.3. The summed E-state index contributed by atoms with van der Waals surface area (Å²) in [7, 11) is 0. The number of ether oxygens (including phenoxy) is 1. The Morgan fingerprint density at radius 3 is 2.65 bits per heavy atom. The number of carbonyl (C=O) groups excluding carboxylic acids is 2. The van der Waals surface area contributed by atoms with Crippen molar-refractivity contribution >= 4 is 23.3 Å². The number of nitrogens with one attached hydrogen (secondary N) is 2. The molecule has 2 aromatic carbocycles. The minimum absolute atomic E-state index is 0.0880. The normalized spacial score (nSPS) is 11.5. The first kappa shape index (κ1) is 19.4. The van der Waals surface area contributed by atoms with Gasteiger partial charge in [0.15, 0.2) is 6.10 Å². The predicted octanol–water partition coefficient (Wildman–Crippen LogP) is 2.72. The zero-order chi connectivity index (χ0) is 19.1. The maximum atomic E-state index is 13.5. The third-order valence-electron chi connectivity index (χ3n) is 3.67. The molecule has 2 aromatic rings. The summed E-state index contributed by atoms with van der Waals surface area (Å²) >= 11 is 0. The van der Waals surface area contributed by atoms with Crippen LogP contribution in [0.5, 0.6) is 0 Å². The van der Waals surface area contributed by atoms with E-state index < -0.39 is 23.8 Å². The van der Waals surface area contributed by atoms with Gasteiger partial charge in [0.25, 0.3) is 5.91 Å². The molecule has 26 heavy (non-hydrogen) atoms. The Hall–Kier alpha value is -2.93. The second-order valence-electron chi connectivity index (χ2n) is 5.70. The minimum Gasteiger partial charge on any atom is -0.449 e. The molecule has 138 valence electrons. The summed E-state index contributed by atoms with van der Waals surface area (Å²) in [5.74, 6) is -1.68. The van der Waals surface area contributed by atoms with E-state index in [1.54, 1.807) is 43.3 Å². The number of carbonyl (C=O) groups is 2. The number of amides is 1. The zero-order valence-corrected chi connectivity index (χ0v) is 14.6. The lowest BCUT2D eigenvalue weighted by atomic mass is 10.1. The van der Waals surface area contributed by atoms with Gasteiger partial charge in [0.05, 0.1) is 12.2 Å². The van der Waals surface area contributed by atoms with Crippen molar-refractivity contribution in [2.45, 2.75) is 20.0 Å². The molecule has 0 aliphatic rings. The van der Waals surface area contributed by atoms with Crippen LogP contribution in [0.25, 0.3) is 0 Å². The Kier molecular flexibility index (Phi) is 6.68. The zero-order valence-electron chi connectivity index (χ0n) is 14.6. The Morgan fingerprint density at radius 2 is 1.96 bits per heavy atom. The molecule has 0 saturated carbocycles. The number of benzene rings is 2. The van der Waals surface area contributed by atoms with E-state index in [0.717, 1.165) is 0 Å². The van der Waals surface area contributed by atoms with Crippen molar-refractivity contribution in [1.29, 1.82) is 0 Å². The molecule has 7 heteroatoms. The van der Waals surface area contributed by atoms with E-state index in [9.17, 15) is 14.0 Å². The van der Waals surface area contributed by atoms with E-state index in [1.807, 2.05) is 0 Å². The molecule has 0 bridgehead atoms. The van der Waals surface area contributed by atoms with Crippen LogP contribution < -0.4 is 10.6 Å². The van der Waals surface area contributed by atoms with Crippen LogP contribution in [-0.4, -0.2) is 36.2 Å². The molecule has 0 aliphatic heterocycles. The number of aliphatic hydroxyl groups excluding tert-OH is 1. The van der Waals surface area contributed by atoms with Crippen LogP contribution in [0.4, 0.5) is 15.8 Å². The first-order chi connectivity index (χ1) is 12.4. The van der Waals surface area contributed by atoms with Gasteiger partial charge in [-0.25, -0.2) is 9.18 Å². The van der Waals surface area contributed by atoms with Crippen molar-refractivity contribution in [3.63, 3.8) is 0 Å². The standard InChI is InChI=1S/C19H21FN2O4/c1-12-7-8-14(11-16(12)20)22-18(24)13(2)26-19(25)15-5-3-4-6-17(15)21-9-10-23/h3-8,11,13,21,23H,9-10H2,1-2H3,(H,22,24). The van der Waals surface area contributed by atoms with Gasteiger partial charge in [-0.1, -0.05) is 18.2 Å². The largest absolute Gasteiger partial charge is 0.449 e. The highest BCUT2D eigenvalue weighted by Crippen LogP contribution is 2.18. The highest BCUT2D eigenvalue weighted by molar-refractivity contribution is 5.99. The van der Waals surface area contributed by atoms with Gasteiger partial charge in [0.2, 0.25) is 0 Å². The van der Waals surface area contributed by atoms with Crippen LogP contribution in [0.15, 0.2) is 42.5 Å². The van der Waals surface area contributed by atoms with Crippen molar-refractivity contribution in [1.82, 2.24) is 0 Å². The van der Waals surface area contributed by atoms with Gasteiger partial charge in [0.1, 0.15) is 5.82 Å². The number of esters is 1. The molecule has 0 aliphatic carbocycles. The molecule has 2 rings (SSSR count). The van der Waals surface area contributed by atoms with E-state index in [1.165, 1.54) is 13.0 Å². The summed E-state index contributed by atoms with van der Waals surface area (Å²) < 4.78 is 18.7. The minimum atomic E-state index is -1.07. The van der Waals surface area contributed by atoms with Gasteiger partial charge in [-0.2, -0.15) is 0 Å². The lowest BCUT2D eigenvalue weighted by Gasteiger charge is -2.15. The van der Waals surface area contributed by atoms with Crippen molar-refractivity contribution in [2.24, 2.45) is 0 Å². The smallest absolute Gasteiger partial charge is 0.341 e. The van der Waals surface area contributed by atoms with E-state index in [2.05, 4.69) is 10.6 Å². The number of halogens is 1. The lowest BCUT2D eigenvalue weighted by molar-refractivity contribution is -0.123. The molecule has 6 nitrogen and oxygen atoms in total. The lowest BCUT2D eigenvalue weighted by Crippen LogP contribution is -2.30. The van der Waals surface area contributed by atoms with Gasteiger partial charge in [-0.05, 0) is 43.7 Å². The van der Waals surface area contributed by atoms with E-state index in [0.29, 0.717) is 11.3 Å². The number of hydrogen-bond donors (Lipinski definition) is 3. The van der Waals surface area contributed by atoms with Gasteiger partial charge in [-0.15, -0.1) is 0 Å². The number of aliphatic hydroxyl groups is 1. The molecule has 0 spiro atoms. The van der Waals surface area contributed by atoms with Crippen LogP contribution in [-0.2, 0) is 9.53 Å². The van der Waals surface area contributed by atoms with Gasteiger partial charge >= 0.3 is 5.97 Å². The molecule has 1 unspecified atom stereocenters. The maximum absolute atomic E-state index is 13.5. The summed E-state index contributed by atoms with van der Waals surface area (Å²) in [6.07, 6.45) is -1.07. The summed E-state index contributed by atoms with van der Waals surface area (Å²) in [5.41, 5.74) is 1.50. The summed E-state index contributed by atoms with van der Waals surface area (Å²) in [6.45, 7) is 3.24. The van der Waals surface area contributed by atoms with E-state index >= 15 is 0 Å². The van der Waals surface area contributed by atoms with Gasteiger partial charge < -0.3 is 20.5 Å². The first-order valence-electron chi connectivity index (χ1n) is 8.14. The van der Waals surface area contributed by atoms with E-state index in [-0.39, 0.29) is 24.4 Å². The van der Waals surface area contributed by atoms with Crippen LogP contribution >= 0.6 is 0 Å². The van der Waals surface area contributed by atoms with E-state index in [4.69, 9.17) is 9.84 Å². The summed E-state index contributed by atoms with van der Waals surface area (Å²) in [4.78, 5) is 24.5. The molecular weight excluding hydrogens is 339 g/mol. The van der Waals surface area contributed by atoms with Crippen molar-refractivity contribution in [2.75, 3.05) is 23.8 Å². The number of rotatable bonds is 7. The molecule has 1 amide bonds. The Labute approximate surface area is 151 Å². The second-order valence-corrected chi connectivity index (χ2v) is 5.70. The van der Waals surface area contributed by atoms with Crippen molar-refractivity contribution in [3.8, 4) is 0 Å². The Bertz CT molecular complexity index is 795. The Balaban J connectivity index is 2.02. The maximum Gasteiger partial charge on any atom is 0.341 e. The van der Waals surface area contributed by atoms with Crippen LogP contribution in [0.2, 0.25) is 0 Å². The molecule has 0 aromatic heterocycles. The number of para-hydroxylation sites is 1. The molecular formula is C19H21FN2O4. The molecule has 0 radical (unpaired) electrons. The summed E-state index contributed by atoms with van der Waals surface area (Å²) in [6, 6.07) is 11.0. The average Bonchev–Trinajstić information content (AvgIpc) is 2.63. The third-order valence-corrected chi connectivity index (χ3v) is 3.67. The van der Waals surface area contributed by atoms with Crippen LogP contribution in [0.1, 0.15) is 22.8 Å². The van der Waals surface area contributed by atoms with Crippen LogP contribution in [0.3, 0.4) is 0 Å². The Morgan fingerprint density at radius 1 is 1.23 bits per heavy atom. The molecule has 0 saturated heterocycles. The van der Waals surface area contributed by atoms with Crippen molar-refractivity contribution in [3.05, 3.63) is 59.4 Å². The highest BCUT2D eigenvalue weighted by atomic mass is 19.1. The topological polar surface area (TPSA) is 87.7 Å². The fraction of sp³-hybridized carbons (Fsp3) is 0.263. The number of hydrogen-bond acceptors (Lipinski definition) is 5. The first-order valence-corrected chi connectivity index (χ1v) is 8.14. The molecule has 3 N–H and O–H groups in total. The van der Waals surface area contributed by atoms with Crippen LogP contribution in [0, 0.1) is 12.7 Å². The SMILES string of the molecule is Cc1ccc(NC(=O)C(C)OC(=O)c2ccccc2NCCO)cc1F. The average molecular weight is 360 g/mol. The van der Waals surface area contributed by atoms with Crippen molar-refractivity contribution < 1.29 is 23.8 Å². The number of anilines is 2. The molecule has 0 fully saturated rings. The third kappa shape index (κ3) is 5.03. The number of aryl methyl sites for hydroxylation is 1. The van der Waals surface area contributed by atoms with Gasteiger partial charge in [-0.3, -0.25) is 4.79 Å². The predicted molar refractivity (Wildman–Crippen MR) is 96.7 cm³/mol. The second kappa shape index (κ2) is 8.96. The monoisotopic (exact) mass is 360 g/mol.